The summed E-state index contributed by atoms with van der Waals surface area (Å²) in [6.07, 6.45) is 1.69. The van der Waals surface area contributed by atoms with Crippen LogP contribution in [-0.2, 0) is 16.0 Å². The van der Waals surface area contributed by atoms with Crippen LogP contribution in [0.2, 0.25) is 0 Å². The van der Waals surface area contributed by atoms with Gasteiger partial charge in [0, 0.05) is 25.6 Å². The van der Waals surface area contributed by atoms with Crippen molar-refractivity contribution in [2.75, 3.05) is 18.0 Å². The molecule has 2 aromatic rings. The molecule has 2 aromatic carbocycles. The Morgan fingerprint density at radius 3 is 2.65 bits per heavy atom. The minimum Gasteiger partial charge on any atom is -0.356 e. The fourth-order valence-electron chi connectivity index (χ4n) is 3.11. The van der Waals surface area contributed by atoms with Crippen molar-refractivity contribution in [1.29, 1.82) is 0 Å². The number of nitrogens with one attached hydrogen (secondary N) is 1. The Morgan fingerprint density at radius 2 is 1.92 bits per heavy atom. The predicted molar refractivity (Wildman–Crippen MR) is 94.6 cm³/mol. The van der Waals surface area contributed by atoms with Gasteiger partial charge in [0.15, 0.2) is 0 Å². The first kappa shape index (κ1) is 18.0. The number of hydrogen-bond acceptors (Lipinski definition) is 2. The number of nitrogens with zero attached hydrogens (tertiary/aromatic N) is 1. The lowest BCUT2D eigenvalue weighted by molar-refractivity contribution is -0.126. The molecule has 0 saturated carbocycles. The van der Waals surface area contributed by atoms with E-state index in [-0.39, 0.29) is 30.5 Å². The van der Waals surface area contributed by atoms with E-state index < -0.39 is 17.6 Å². The fourth-order valence-corrected chi connectivity index (χ4v) is 3.11. The van der Waals surface area contributed by atoms with Gasteiger partial charge in [-0.05, 0) is 30.5 Å². The summed E-state index contributed by atoms with van der Waals surface area (Å²) in [7, 11) is 0. The number of carbonyl (C=O) groups excluding carboxylic acids is 2. The van der Waals surface area contributed by atoms with E-state index >= 15 is 0 Å². The monoisotopic (exact) mass is 358 g/mol. The van der Waals surface area contributed by atoms with Crippen LogP contribution in [0.25, 0.3) is 0 Å². The molecule has 0 spiro atoms. The molecule has 0 bridgehead atoms. The molecule has 1 unspecified atom stereocenters. The van der Waals surface area contributed by atoms with Crippen molar-refractivity contribution < 1.29 is 18.4 Å². The van der Waals surface area contributed by atoms with E-state index in [1.165, 1.54) is 16.5 Å². The number of aryl methyl sites for hydroxylation is 1. The Morgan fingerprint density at radius 1 is 1.15 bits per heavy atom. The molecule has 136 valence electrons. The molecule has 0 aromatic heterocycles. The van der Waals surface area contributed by atoms with Gasteiger partial charge in [0.1, 0.15) is 11.6 Å². The van der Waals surface area contributed by atoms with Gasteiger partial charge in [-0.2, -0.15) is 0 Å². The average Bonchev–Trinajstić information content (AvgIpc) is 3.01. The summed E-state index contributed by atoms with van der Waals surface area (Å²) in [6, 6.07) is 13.0. The van der Waals surface area contributed by atoms with Gasteiger partial charge in [-0.15, -0.1) is 0 Å². The highest BCUT2D eigenvalue weighted by molar-refractivity contribution is 6.00. The van der Waals surface area contributed by atoms with Crippen molar-refractivity contribution in [3.8, 4) is 0 Å². The van der Waals surface area contributed by atoms with Gasteiger partial charge >= 0.3 is 0 Å². The molecule has 1 heterocycles. The average molecular weight is 358 g/mol. The first-order valence-electron chi connectivity index (χ1n) is 8.61. The maximum absolute atomic E-state index is 13.9. The normalized spacial score (nSPS) is 16.8. The first-order chi connectivity index (χ1) is 12.5. The summed E-state index contributed by atoms with van der Waals surface area (Å²) in [6.45, 7) is 0.620. The summed E-state index contributed by atoms with van der Waals surface area (Å²) in [5, 5.41) is 2.84. The number of amides is 2. The van der Waals surface area contributed by atoms with Crippen LogP contribution >= 0.6 is 0 Å². The molecule has 1 fully saturated rings. The molecule has 1 aliphatic heterocycles. The van der Waals surface area contributed by atoms with E-state index in [0.717, 1.165) is 25.0 Å². The van der Waals surface area contributed by atoms with Crippen LogP contribution in [0, 0.1) is 17.6 Å². The van der Waals surface area contributed by atoms with Gasteiger partial charge in [-0.25, -0.2) is 8.78 Å². The Balaban J connectivity index is 1.50. The number of halogens is 2. The molecule has 4 nitrogen and oxygen atoms in total. The van der Waals surface area contributed by atoms with Crippen LogP contribution in [0.15, 0.2) is 48.5 Å². The highest BCUT2D eigenvalue weighted by Gasteiger charge is 2.36. The summed E-state index contributed by atoms with van der Waals surface area (Å²) >= 11 is 0. The maximum Gasteiger partial charge on any atom is 0.227 e. The SMILES string of the molecule is O=C(NCCCc1ccccc1)C1CC(=O)N(c2ccc(F)cc2F)C1. The Bertz CT molecular complexity index is 796. The van der Waals surface area contributed by atoms with Gasteiger partial charge < -0.3 is 10.2 Å². The van der Waals surface area contributed by atoms with Crippen LogP contribution in [0.4, 0.5) is 14.5 Å². The van der Waals surface area contributed by atoms with Crippen molar-refractivity contribution in [3.05, 3.63) is 65.7 Å². The molecular weight excluding hydrogens is 338 g/mol. The number of benzene rings is 2. The predicted octanol–water partition coefficient (Wildman–Crippen LogP) is 3.07. The third-order valence-electron chi connectivity index (χ3n) is 4.48. The lowest BCUT2D eigenvalue weighted by Crippen LogP contribution is -2.33. The van der Waals surface area contributed by atoms with Crippen molar-refractivity contribution in [2.24, 2.45) is 5.92 Å². The zero-order valence-corrected chi connectivity index (χ0v) is 14.3. The van der Waals surface area contributed by atoms with Crippen molar-refractivity contribution in [3.63, 3.8) is 0 Å². The van der Waals surface area contributed by atoms with Crippen molar-refractivity contribution in [1.82, 2.24) is 5.32 Å². The van der Waals surface area contributed by atoms with Gasteiger partial charge in [0.05, 0.1) is 11.6 Å². The quantitative estimate of drug-likeness (QED) is 0.807. The number of carbonyl (C=O) groups is 2. The Kier molecular flexibility index (Phi) is 5.61. The van der Waals surface area contributed by atoms with Crippen LogP contribution in [0.5, 0.6) is 0 Å². The van der Waals surface area contributed by atoms with E-state index in [0.29, 0.717) is 6.54 Å². The minimum atomic E-state index is -0.803. The van der Waals surface area contributed by atoms with E-state index in [1.807, 2.05) is 30.3 Å². The van der Waals surface area contributed by atoms with Gasteiger partial charge in [0.2, 0.25) is 11.8 Å². The fraction of sp³-hybridized carbons (Fsp3) is 0.300. The smallest absolute Gasteiger partial charge is 0.227 e. The largest absolute Gasteiger partial charge is 0.356 e. The second-order valence-electron chi connectivity index (χ2n) is 6.38. The Labute approximate surface area is 150 Å². The molecule has 6 heteroatoms. The Hall–Kier alpha value is -2.76. The maximum atomic E-state index is 13.9. The van der Waals surface area contributed by atoms with Gasteiger partial charge in [-0.3, -0.25) is 9.59 Å². The summed E-state index contributed by atoms with van der Waals surface area (Å²) in [5.74, 6) is -2.58. The van der Waals surface area contributed by atoms with E-state index in [1.54, 1.807) is 0 Å². The number of hydrogen-bond donors (Lipinski definition) is 1. The molecule has 0 aliphatic carbocycles. The van der Waals surface area contributed by atoms with Crippen LogP contribution in [-0.4, -0.2) is 24.9 Å². The number of anilines is 1. The second-order valence-corrected chi connectivity index (χ2v) is 6.38. The molecule has 0 radical (unpaired) electrons. The zero-order chi connectivity index (χ0) is 18.5. The molecule has 26 heavy (non-hydrogen) atoms. The molecule has 1 saturated heterocycles. The third-order valence-corrected chi connectivity index (χ3v) is 4.48. The van der Waals surface area contributed by atoms with Crippen molar-refractivity contribution in [2.45, 2.75) is 19.3 Å². The zero-order valence-electron chi connectivity index (χ0n) is 14.3. The van der Waals surface area contributed by atoms with Crippen LogP contribution in [0.3, 0.4) is 0 Å². The third kappa shape index (κ3) is 4.25. The summed E-state index contributed by atoms with van der Waals surface area (Å²) in [4.78, 5) is 25.6. The highest BCUT2D eigenvalue weighted by atomic mass is 19.1. The molecule has 1 N–H and O–H groups in total. The molecule has 3 rings (SSSR count). The van der Waals surface area contributed by atoms with E-state index in [4.69, 9.17) is 0 Å². The van der Waals surface area contributed by atoms with Crippen LogP contribution in [0.1, 0.15) is 18.4 Å². The topological polar surface area (TPSA) is 49.4 Å². The lowest BCUT2D eigenvalue weighted by atomic mass is 10.1. The molecular formula is C20H20F2N2O2. The van der Waals surface area contributed by atoms with Crippen LogP contribution < -0.4 is 10.2 Å². The minimum absolute atomic E-state index is 0.00998. The standard InChI is InChI=1S/C20H20F2N2O2/c21-16-8-9-18(17(22)12-16)24-13-15(11-19(24)25)20(26)23-10-4-7-14-5-2-1-3-6-14/h1-3,5-6,8-9,12,15H,4,7,10-11,13H2,(H,23,26). The highest BCUT2D eigenvalue weighted by Crippen LogP contribution is 2.28. The van der Waals surface area contributed by atoms with E-state index in [9.17, 15) is 18.4 Å². The van der Waals surface area contributed by atoms with Crippen molar-refractivity contribution >= 4 is 17.5 Å². The molecule has 1 atom stereocenters. The number of rotatable bonds is 6. The second kappa shape index (κ2) is 8.08. The molecule has 1 aliphatic rings. The van der Waals surface area contributed by atoms with E-state index in [2.05, 4.69) is 5.32 Å². The summed E-state index contributed by atoms with van der Waals surface area (Å²) < 4.78 is 26.9. The molecule has 2 amide bonds. The van der Waals surface area contributed by atoms with Gasteiger partial charge in [-0.1, -0.05) is 30.3 Å². The lowest BCUT2D eigenvalue weighted by Gasteiger charge is -2.17. The first-order valence-corrected chi connectivity index (χ1v) is 8.61. The van der Waals surface area contributed by atoms with Gasteiger partial charge in [0.25, 0.3) is 0 Å². The summed E-state index contributed by atoms with van der Waals surface area (Å²) in [5.41, 5.74) is 1.21.